The first kappa shape index (κ1) is 17.0. The lowest BCUT2D eigenvalue weighted by molar-refractivity contribution is 0.475. The second-order valence-corrected chi connectivity index (χ2v) is 6.29. The first-order chi connectivity index (χ1) is 13.3. The molecule has 0 saturated heterocycles. The molecular weight excluding hydrogens is 340 g/mol. The van der Waals surface area contributed by atoms with Gasteiger partial charge < -0.3 is 9.67 Å². The van der Waals surface area contributed by atoms with Crippen LogP contribution >= 0.6 is 0 Å². The molecule has 0 radical (unpaired) electrons. The SMILES string of the molecule is CCCCn1c2ccccc2c2nnc(N/N=C/c3ccc(O)cc3)nc21. The number of aromatic nitrogens is 4. The molecule has 2 aromatic heterocycles. The third-order valence-electron chi connectivity index (χ3n) is 4.38. The van der Waals surface area contributed by atoms with Crippen LogP contribution in [0.25, 0.3) is 22.1 Å². The van der Waals surface area contributed by atoms with E-state index in [-0.39, 0.29) is 5.75 Å². The summed E-state index contributed by atoms with van der Waals surface area (Å²) in [7, 11) is 0. The van der Waals surface area contributed by atoms with E-state index in [4.69, 9.17) is 0 Å². The quantitative estimate of drug-likeness (QED) is 0.402. The third kappa shape index (κ3) is 3.44. The topological polar surface area (TPSA) is 88.2 Å². The van der Waals surface area contributed by atoms with Gasteiger partial charge in [0.15, 0.2) is 5.65 Å². The van der Waals surface area contributed by atoms with E-state index in [1.54, 1.807) is 30.5 Å². The molecule has 0 atom stereocenters. The van der Waals surface area contributed by atoms with Crippen LogP contribution in [0.5, 0.6) is 5.75 Å². The fourth-order valence-electron chi connectivity index (χ4n) is 3.02. The minimum absolute atomic E-state index is 0.220. The van der Waals surface area contributed by atoms with Crippen molar-refractivity contribution >= 4 is 34.2 Å². The molecule has 0 aliphatic heterocycles. The number of hydrazone groups is 1. The summed E-state index contributed by atoms with van der Waals surface area (Å²) in [5.41, 5.74) is 6.42. The number of phenolic OH excluding ortho intramolecular Hbond substituents is 1. The molecule has 2 N–H and O–H groups in total. The van der Waals surface area contributed by atoms with Crippen molar-refractivity contribution in [3.63, 3.8) is 0 Å². The molecule has 2 heterocycles. The van der Waals surface area contributed by atoms with E-state index in [2.05, 4.69) is 43.3 Å². The molecule has 7 nitrogen and oxygen atoms in total. The predicted octanol–water partition coefficient (Wildman–Crippen LogP) is 3.93. The second-order valence-electron chi connectivity index (χ2n) is 6.29. The fourth-order valence-corrected chi connectivity index (χ4v) is 3.02. The molecule has 0 unspecified atom stereocenters. The standard InChI is InChI=1S/C20H20N6O/c1-2-3-12-26-17-7-5-4-6-16(17)18-19(26)22-20(25-23-18)24-21-13-14-8-10-15(27)11-9-14/h4-11,13,27H,2-3,12H2,1H3,(H,22,24,25)/b21-13+. The predicted molar refractivity (Wildman–Crippen MR) is 107 cm³/mol. The number of hydrogen-bond donors (Lipinski definition) is 2. The Morgan fingerprint density at radius 2 is 1.93 bits per heavy atom. The molecule has 0 saturated carbocycles. The normalized spacial score (nSPS) is 11.6. The highest BCUT2D eigenvalue weighted by Crippen LogP contribution is 2.26. The molecule has 0 bridgehead atoms. The van der Waals surface area contributed by atoms with Crippen molar-refractivity contribution in [2.24, 2.45) is 5.10 Å². The van der Waals surface area contributed by atoms with Crippen molar-refractivity contribution < 1.29 is 5.11 Å². The zero-order valence-electron chi connectivity index (χ0n) is 15.0. The van der Waals surface area contributed by atoms with Crippen LogP contribution in [-0.4, -0.2) is 31.1 Å². The molecule has 7 heteroatoms. The van der Waals surface area contributed by atoms with Crippen LogP contribution in [0, 0.1) is 0 Å². The summed E-state index contributed by atoms with van der Waals surface area (Å²) < 4.78 is 2.19. The van der Waals surface area contributed by atoms with Gasteiger partial charge in [-0.05, 0) is 42.3 Å². The maximum atomic E-state index is 9.32. The van der Waals surface area contributed by atoms with Crippen LogP contribution < -0.4 is 5.43 Å². The van der Waals surface area contributed by atoms with Gasteiger partial charge in [-0.3, -0.25) is 0 Å². The van der Waals surface area contributed by atoms with E-state index in [0.717, 1.165) is 47.0 Å². The maximum Gasteiger partial charge on any atom is 0.265 e. The number of para-hydroxylation sites is 1. The molecule has 0 aliphatic carbocycles. The molecule has 2 aromatic carbocycles. The van der Waals surface area contributed by atoms with Gasteiger partial charge in [0.1, 0.15) is 11.3 Å². The molecule has 0 amide bonds. The lowest BCUT2D eigenvalue weighted by Crippen LogP contribution is -2.03. The number of aromatic hydroxyl groups is 1. The number of nitrogens with zero attached hydrogens (tertiary/aromatic N) is 5. The van der Waals surface area contributed by atoms with Crippen molar-refractivity contribution in [1.82, 2.24) is 19.7 Å². The number of phenols is 1. The number of aryl methyl sites for hydroxylation is 1. The Kier molecular flexibility index (Phi) is 4.65. The molecule has 0 spiro atoms. The Morgan fingerprint density at radius 1 is 1.11 bits per heavy atom. The summed E-state index contributed by atoms with van der Waals surface area (Å²) in [4.78, 5) is 4.64. The monoisotopic (exact) mass is 360 g/mol. The summed E-state index contributed by atoms with van der Waals surface area (Å²) in [6, 6.07) is 14.9. The van der Waals surface area contributed by atoms with Crippen molar-refractivity contribution in [1.29, 1.82) is 0 Å². The molecule has 0 fully saturated rings. The summed E-state index contributed by atoms with van der Waals surface area (Å²) in [6.07, 6.45) is 3.81. The average Bonchev–Trinajstić information content (AvgIpc) is 3.01. The first-order valence-electron chi connectivity index (χ1n) is 8.96. The van der Waals surface area contributed by atoms with Gasteiger partial charge in [-0.1, -0.05) is 31.5 Å². The van der Waals surface area contributed by atoms with E-state index < -0.39 is 0 Å². The molecule has 27 heavy (non-hydrogen) atoms. The Balaban J connectivity index is 1.66. The van der Waals surface area contributed by atoms with Crippen LogP contribution in [0.4, 0.5) is 5.95 Å². The Hall–Kier alpha value is -3.48. The van der Waals surface area contributed by atoms with Crippen LogP contribution in [0.15, 0.2) is 53.6 Å². The molecule has 4 rings (SSSR count). The van der Waals surface area contributed by atoms with Gasteiger partial charge in [0.2, 0.25) is 0 Å². The van der Waals surface area contributed by atoms with Gasteiger partial charge in [-0.15, -0.1) is 10.2 Å². The largest absolute Gasteiger partial charge is 0.508 e. The van der Waals surface area contributed by atoms with Crippen LogP contribution in [-0.2, 0) is 6.54 Å². The van der Waals surface area contributed by atoms with E-state index >= 15 is 0 Å². The summed E-state index contributed by atoms with van der Waals surface area (Å²) >= 11 is 0. The smallest absolute Gasteiger partial charge is 0.265 e. The summed E-state index contributed by atoms with van der Waals surface area (Å²) in [5, 5.41) is 23.1. The number of hydrogen-bond acceptors (Lipinski definition) is 6. The van der Waals surface area contributed by atoms with Gasteiger partial charge in [0, 0.05) is 11.9 Å². The Morgan fingerprint density at radius 3 is 2.74 bits per heavy atom. The molecule has 4 aromatic rings. The Labute approximate surface area is 156 Å². The molecular formula is C20H20N6O. The van der Waals surface area contributed by atoms with Crippen LogP contribution in [0.3, 0.4) is 0 Å². The highest BCUT2D eigenvalue weighted by molar-refractivity contribution is 6.04. The summed E-state index contributed by atoms with van der Waals surface area (Å²) in [5.74, 6) is 0.566. The number of fused-ring (bicyclic) bond motifs is 3. The fraction of sp³-hybridized carbons (Fsp3) is 0.200. The average molecular weight is 360 g/mol. The zero-order valence-corrected chi connectivity index (χ0v) is 15.0. The molecule has 0 aliphatic rings. The lowest BCUT2D eigenvalue weighted by Gasteiger charge is -2.05. The van der Waals surface area contributed by atoms with Crippen LogP contribution in [0.2, 0.25) is 0 Å². The number of anilines is 1. The van der Waals surface area contributed by atoms with E-state index in [0.29, 0.717) is 5.95 Å². The van der Waals surface area contributed by atoms with Gasteiger partial charge in [0.05, 0.1) is 11.7 Å². The maximum absolute atomic E-state index is 9.32. The number of rotatable bonds is 6. The molecule has 136 valence electrons. The number of unbranched alkanes of at least 4 members (excludes halogenated alkanes) is 1. The van der Waals surface area contributed by atoms with E-state index in [1.807, 2.05) is 18.2 Å². The van der Waals surface area contributed by atoms with E-state index in [9.17, 15) is 5.11 Å². The first-order valence-corrected chi connectivity index (χ1v) is 8.96. The van der Waals surface area contributed by atoms with Gasteiger partial charge >= 0.3 is 0 Å². The van der Waals surface area contributed by atoms with Gasteiger partial charge in [-0.25, -0.2) is 5.43 Å². The van der Waals surface area contributed by atoms with Crippen LogP contribution in [0.1, 0.15) is 25.3 Å². The number of nitrogens with one attached hydrogen (secondary N) is 1. The van der Waals surface area contributed by atoms with Gasteiger partial charge in [0.25, 0.3) is 5.95 Å². The third-order valence-corrected chi connectivity index (χ3v) is 4.38. The summed E-state index contributed by atoms with van der Waals surface area (Å²) in [6.45, 7) is 3.06. The minimum Gasteiger partial charge on any atom is -0.508 e. The van der Waals surface area contributed by atoms with Crippen molar-refractivity contribution in [3.05, 3.63) is 54.1 Å². The Bertz CT molecular complexity index is 1100. The highest BCUT2D eigenvalue weighted by Gasteiger charge is 2.13. The lowest BCUT2D eigenvalue weighted by atomic mass is 10.2. The highest BCUT2D eigenvalue weighted by atomic mass is 16.3. The minimum atomic E-state index is 0.220. The zero-order chi connectivity index (χ0) is 18.6. The van der Waals surface area contributed by atoms with Crippen molar-refractivity contribution in [2.45, 2.75) is 26.3 Å². The number of benzene rings is 2. The van der Waals surface area contributed by atoms with Crippen molar-refractivity contribution in [2.75, 3.05) is 5.43 Å². The van der Waals surface area contributed by atoms with E-state index in [1.165, 1.54) is 0 Å². The van der Waals surface area contributed by atoms with Gasteiger partial charge in [-0.2, -0.15) is 10.1 Å². The second kappa shape index (κ2) is 7.41. The van der Waals surface area contributed by atoms with Crippen molar-refractivity contribution in [3.8, 4) is 5.75 Å².